The first-order chi connectivity index (χ1) is 14.0. The Kier molecular flexibility index (Phi) is 5.06. The van der Waals surface area contributed by atoms with Gasteiger partial charge in [-0.1, -0.05) is 11.6 Å². The summed E-state index contributed by atoms with van der Waals surface area (Å²) >= 11 is 0. The van der Waals surface area contributed by atoms with Gasteiger partial charge in [-0.25, -0.2) is 4.98 Å². The van der Waals surface area contributed by atoms with Gasteiger partial charge in [0.25, 0.3) is 5.91 Å². The van der Waals surface area contributed by atoms with Gasteiger partial charge in [0.1, 0.15) is 0 Å². The molecular formula is C23H25N5O. The Bertz CT molecular complexity index is 1120. The maximum Gasteiger partial charge on any atom is 0.254 e. The van der Waals surface area contributed by atoms with Crippen LogP contribution in [0.2, 0.25) is 0 Å². The normalized spacial score (nSPS) is 16.8. The van der Waals surface area contributed by atoms with Crippen LogP contribution in [0.1, 0.15) is 41.3 Å². The lowest BCUT2D eigenvalue weighted by Gasteiger charge is -2.30. The monoisotopic (exact) mass is 387 g/mol. The van der Waals surface area contributed by atoms with E-state index in [0.29, 0.717) is 18.7 Å². The van der Waals surface area contributed by atoms with Crippen molar-refractivity contribution in [1.82, 2.24) is 19.7 Å². The fourth-order valence-corrected chi connectivity index (χ4v) is 4.11. The Hall–Kier alpha value is -3.20. The van der Waals surface area contributed by atoms with Crippen molar-refractivity contribution in [3.05, 3.63) is 47.3 Å². The maximum atomic E-state index is 13.6. The van der Waals surface area contributed by atoms with Gasteiger partial charge >= 0.3 is 0 Å². The number of rotatable bonds is 3. The fourth-order valence-electron chi connectivity index (χ4n) is 4.11. The molecule has 29 heavy (non-hydrogen) atoms. The predicted molar refractivity (Wildman–Crippen MR) is 112 cm³/mol. The number of carbonyl (C=O) groups excluding carboxylic acids is 1. The Morgan fingerprint density at radius 3 is 2.90 bits per heavy atom. The van der Waals surface area contributed by atoms with E-state index >= 15 is 0 Å². The summed E-state index contributed by atoms with van der Waals surface area (Å²) in [6, 6.07) is 8.36. The number of amides is 1. The summed E-state index contributed by atoms with van der Waals surface area (Å²) < 4.78 is 1.86. The van der Waals surface area contributed by atoms with Crippen LogP contribution in [0.25, 0.3) is 22.2 Å². The molecule has 3 aromatic rings. The SMILES string of the molecule is CCn1cc(-c2nc3ccc(C)cc3c(C(=O)N3CCC[C@H](C#N)C3)c2C)cn1. The van der Waals surface area contributed by atoms with E-state index < -0.39 is 0 Å². The molecule has 1 amide bonds. The van der Waals surface area contributed by atoms with E-state index in [1.807, 2.05) is 54.7 Å². The summed E-state index contributed by atoms with van der Waals surface area (Å²) in [4.78, 5) is 20.3. The highest BCUT2D eigenvalue weighted by Crippen LogP contribution is 2.32. The van der Waals surface area contributed by atoms with Crippen molar-refractivity contribution in [2.24, 2.45) is 5.92 Å². The van der Waals surface area contributed by atoms with Gasteiger partial charge in [0.2, 0.25) is 0 Å². The Morgan fingerprint density at radius 1 is 1.34 bits per heavy atom. The zero-order chi connectivity index (χ0) is 20.5. The van der Waals surface area contributed by atoms with Crippen LogP contribution < -0.4 is 0 Å². The van der Waals surface area contributed by atoms with Crippen LogP contribution in [-0.4, -0.2) is 38.7 Å². The molecule has 1 fully saturated rings. The smallest absolute Gasteiger partial charge is 0.254 e. The maximum absolute atomic E-state index is 13.6. The zero-order valence-electron chi connectivity index (χ0n) is 17.1. The largest absolute Gasteiger partial charge is 0.337 e. The Labute approximate surface area is 170 Å². The molecule has 2 aromatic heterocycles. The number of aromatic nitrogens is 3. The summed E-state index contributed by atoms with van der Waals surface area (Å²) in [6.45, 7) is 7.99. The number of nitriles is 1. The standard InChI is InChI=1S/C23H25N5O/c1-4-28-14-18(12-25-28)22-16(3)21(19-10-15(2)7-8-20(19)26-22)23(29)27-9-5-6-17(11-24)13-27/h7-8,10,12,14,17H,4-6,9,13H2,1-3H3/t17-/m1/s1. The molecule has 0 N–H and O–H groups in total. The first-order valence-electron chi connectivity index (χ1n) is 10.1. The molecule has 1 aliphatic rings. The number of nitrogens with zero attached hydrogens (tertiary/aromatic N) is 5. The lowest BCUT2D eigenvalue weighted by atomic mass is 9.94. The second-order valence-corrected chi connectivity index (χ2v) is 7.79. The molecule has 1 atom stereocenters. The minimum atomic E-state index is -0.0925. The Balaban J connectivity index is 1.88. The molecule has 0 saturated carbocycles. The summed E-state index contributed by atoms with van der Waals surface area (Å²) in [5.41, 5.74) is 5.15. The number of pyridine rings is 1. The van der Waals surface area contributed by atoms with Crippen molar-refractivity contribution in [2.75, 3.05) is 13.1 Å². The van der Waals surface area contributed by atoms with Crippen molar-refractivity contribution < 1.29 is 4.79 Å². The highest BCUT2D eigenvalue weighted by atomic mass is 16.2. The van der Waals surface area contributed by atoms with E-state index in [2.05, 4.69) is 11.2 Å². The topological polar surface area (TPSA) is 74.8 Å². The third-order valence-corrected chi connectivity index (χ3v) is 5.72. The van der Waals surface area contributed by atoms with Gasteiger partial charge in [-0.05, 0) is 51.3 Å². The van der Waals surface area contributed by atoms with Crippen LogP contribution in [0, 0.1) is 31.1 Å². The molecule has 0 radical (unpaired) electrons. The highest BCUT2D eigenvalue weighted by molar-refractivity contribution is 6.09. The van der Waals surface area contributed by atoms with Gasteiger partial charge < -0.3 is 4.90 Å². The number of aryl methyl sites for hydroxylation is 2. The van der Waals surface area contributed by atoms with Crippen LogP contribution in [-0.2, 0) is 6.54 Å². The van der Waals surface area contributed by atoms with Crippen molar-refractivity contribution >= 4 is 16.8 Å². The summed E-state index contributed by atoms with van der Waals surface area (Å²) in [6.07, 6.45) is 5.49. The van der Waals surface area contributed by atoms with Gasteiger partial charge in [0.15, 0.2) is 0 Å². The first-order valence-corrected chi connectivity index (χ1v) is 10.1. The van der Waals surface area contributed by atoms with Crippen LogP contribution in [0.4, 0.5) is 0 Å². The second-order valence-electron chi connectivity index (χ2n) is 7.79. The quantitative estimate of drug-likeness (QED) is 0.678. The van der Waals surface area contributed by atoms with Gasteiger partial charge in [-0.15, -0.1) is 0 Å². The molecule has 4 rings (SSSR count). The molecule has 6 heteroatoms. The number of hydrogen-bond donors (Lipinski definition) is 0. The minimum absolute atomic E-state index is 0.00965. The highest BCUT2D eigenvalue weighted by Gasteiger charge is 2.28. The van der Waals surface area contributed by atoms with Crippen molar-refractivity contribution in [1.29, 1.82) is 5.26 Å². The van der Waals surface area contributed by atoms with Crippen LogP contribution >= 0.6 is 0 Å². The molecule has 0 unspecified atom stereocenters. The number of likely N-dealkylation sites (tertiary alicyclic amines) is 1. The lowest BCUT2D eigenvalue weighted by molar-refractivity contribution is 0.0700. The summed E-state index contributed by atoms with van der Waals surface area (Å²) in [5.74, 6) is -0.102. The third-order valence-electron chi connectivity index (χ3n) is 5.72. The Morgan fingerprint density at radius 2 is 2.17 bits per heavy atom. The van der Waals surface area contributed by atoms with E-state index in [1.54, 1.807) is 6.20 Å². The number of benzene rings is 1. The zero-order valence-corrected chi connectivity index (χ0v) is 17.1. The van der Waals surface area contributed by atoms with Crippen molar-refractivity contribution in [2.45, 2.75) is 40.2 Å². The van der Waals surface area contributed by atoms with E-state index in [1.165, 1.54) is 0 Å². The summed E-state index contributed by atoms with van der Waals surface area (Å²) in [7, 11) is 0. The van der Waals surface area contributed by atoms with Crippen molar-refractivity contribution in [3.63, 3.8) is 0 Å². The predicted octanol–water partition coefficient (Wildman–Crippen LogP) is 4.11. The molecule has 1 aliphatic heterocycles. The number of fused-ring (bicyclic) bond motifs is 1. The molecule has 0 bridgehead atoms. The second kappa shape index (κ2) is 7.67. The average Bonchev–Trinajstić information content (AvgIpc) is 3.22. The molecule has 1 saturated heterocycles. The fraction of sp³-hybridized carbons (Fsp3) is 0.391. The van der Waals surface area contributed by atoms with E-state index in [0.717, 1.165) is 52.7 Å². The number of piperidine rings is 1. The molecule has 148 valence electrons. The van der Waals surface area contributed by atoms with E-state index in [-0.39, 0.29) is 11.8 Å². The number of carbonyl (C=O) groups is 1. The molecule has 3 heterocycles. The molecule has 0 aliphatic carbocycles. The van der Waals surface area contributed by atoms with E-state index in [4.69, 9.17) is 4.98 Å². The molecule has 6 nitrogen and oxygen atoms in total. The molecule has 1 aromatic carbocycles. The van der Waals surface area contributed by atoms with Crippen LogP contribution in [0.3, 0.4) is 0 Å². The lowest BCUT2D eigenvalue weighted by Crippen LogP contribution is -2.40. The number of hydrogen-bond acceptors (Lipinski definition) is 4. The minimum Gasteiger partial charge on any atom is -0.337 e. The molecule has 0 spiro atoms. The molecular weight excluding hydrogens is 362 g/mol. The van der Waals surface area contributed by atoms with Crippen LogP contribution in [0.5, 0.6) is 0 Å². The van der Waals surface area contributed by atoms with Gasteiger partial charge in [0.05, 0.1) is 35.0 Å². The van der Waals surface area contributed by atoms with E-state index in [9.17, 15) is 10.1 Å². The summed E-state index contributed by atoms with van der Waals surface area (Å²) in [5, 5.41) is 14.6. The van der Waals surface area contributed by atoms with Gasteiger partial charge in [-0.3, -0.25) is 9.48 Å². The van der Waals surface area contributed by atoms with Crippen molar-refractivity contribution in [3.8, 4) is 17.3 Å². The first kappa shape index (κ1) is 19.1. The van der Waals surface area contributed by atoms with Crippen LogP contribution in [0.15, 0.2) is 30.6 Å². The van der Waals surface area contributed by atoms with Gasteiger partial charge in [0, 0.05) is 36.8 Å². The third kappa shape index (κ3) is 3.49. The van der Waals surface area contributed by atoms with Gasteiger partial charge in [-0.2, -0.15) is 10.4 Å². The average molecular weight is 387 g/mol.